The first kappa shape index (κ1) is 17.0. The molecule has 136 valence electrons. The molecule has 3 aromatic rings. The van der Waals surface area contributed by atoms with Crippen LogP contribution in [0.4, 0.5) is 0 Å². The van der Waals surface area contributed by atoms with Gasteiger partial charge in [0.05, 0.1) is 18.3 Å². The summed E-state index contributed by atoms with van der Waals surface area (Å²) in [5, 5.41) is 13.9. The lowest BCUT2D eigenvalue weighted by atomic mass is 9.93. The standard InChI is InChI=1S/C21H19N3O3/c25-20(10-15-12-22-24(13-15)18-8-2-1-3-9-18)23-14-17-7-5-4-6-16(17)11-19(23)21(26)27/h1-9,12-13,19H,10-11,14H2,(H,26,27). The van der Waals surface area contributed by atoms with Crippen LogP contribution >= 0.6 is 0 Å². The van der Waals surface area contributed by atoms with Gasteiger partial charge in [-0.1, -0.05) is 42.5 Å². The number of hydrogen-bond acceptors (Lipinski definition) is 3. The molecule has 1 aliphatic rings. The van der Waals surface area contributed by atoms with Crippen molar-refractivity contribution in [3.63, 3.8) is 0 Å². The van der Waals surface area contributed by atoms with Gasteiger partial charge in [0.25, 0.3) is 0 Å². The highest BCUT2D eigenvalue weighted by molar-refractivity contribution is 5.85. The van der Waals surface area contributed by atoms with Crippen LogP contribution in [0.5, 0.6) is 0 Å². The monoisotopic (exact) mass is 361 g/mol. The SMILES string of the molecule is O=C(O)C1Cc2ccccc2CN1C(=O)Cc1cnn(-c2ccccc2)c1. The van der Waals surface area contributed by atoms with E-state index < -0.39 is 12.0 Å². The highest BCUT2D eigenvalue weighted by Gasteiger charge is 2.34. The van der Waals surface area contributed by atoms with Gasteiger partial charge in [-0.2, -0.15) is 5.10 Å². The number of carbonyl (C=O) groups excluding carboxylic acids is 1. The first-order valence-corrected chi connectivity index (χ1v) is 8.80. The molecule has 6 heteroatoms. The second-order valence-electron chi connectivity index (χ2n) is 6.65. The minimum Gasteiger partial charge on any atom is -0.480 e. The number of aromatic nitrogens is 2. The lowest BCUT2D eigenvalue weighted by molar-refractivity contribution is -0.151. The number of hydrogen-bond donors (Lipinski definition) is 1. The Bertz CT molecular complexity index is 981. The second-order valence-corrected chi connectivity index (χ2v) is 6.65. The van der Waals surface area contributed by atoms with Gasteiger partial charge in [-0.3, -0.25) is 4.79 Å². The topological polar surface area (TPSA) is 75.4 Å². The van der Waals surface area contributed by atoms with E-state index in [0.29, 0.717) is 13.0 Å². The lowest BCUT2D eigenvalue weighted by Crippen LogP contribution is -2.49. The quantitative estimate of drug-likeness (QED) is 0.775. The minimum atomic E-state index is -0.974. The van der Waals surface area contributed by atoms with Crippen LogP contribution in [-0.4, -0.2) is 37.7 Å². The number of rotatable bonds is 4. The first-order chi connectivity index (χ1) is 13.1. The highest BCUT2D eigenvalue weighted by Crippen LogP contribution is 2.24. The summed E-state index contributed by atoms with van der Waals surface area (Å²) >= 11 is 0. The number of para-hydroxylation sites is 1. The fraction of sp³-hybridized carbons (Fsp3) is 0.190. The molecule has 4 rings (SSSR count). The maximum Gasteiger partial charge on any atom is 0.326 e. The maximum atomic E-state index is 12.9. The first-order valence-electron chi connectivity index (χ1n) is 8.80. The number of carboxylic acids is 1. The van der Waals surface area contributed by atoms with Crippen molar-refractivity contribution in [1.82, 2.24) is 14.7 Å². The fourth-order valence-corrected chi connectivity index (χ4v) is 3.46. The highest BCUT2D eigenvalue weighted by atomic mass is 16.4. The molecule has 0 fully saturated rings. The summed E-state index contributed by atoms with van der Waals surface area (Å²) in [5.74, 6) is -1.18. The molecule has 27 heavy (non-hydrogen) atoms. The van der Waals surface area contributed by atoms with Crippen LogP contribution in [0, 0.1) is 0 Å². The lowest BCUT2D eigenvalue weighted by Gasteiger charge is -2.34. The van der Waals surface area contributed by atoms with Crippen molar-refractivity contribution in [3.05, 3.63) is 83.7 Å². The summed E-state index contributed by atoms with van der Waals surface area (Å²) in [4.78, 5) is 26.0. The summed E-state index contributed by atoms with van der Waals surface area (Å²) < 4.78 is 1.71. The van der Waals surface area contributed by atoms with Crippen molar-refractivity contribution in [1.29, 1.82) is 0 Å². The van der Waals surface area contributed by atoms with E-state index in [1.54, 1.807) is 17.1 Å². The summed E-state index contributed by atoms with van der Waals surface area (Å²) in [6, 6.07) is 16.5. The van der Waals surface area contributed by atoms with Crippen LogP contribution in [-0.2, 0) is 29.0 Å². The van der Waals surface area contributed by atoms with Gasteiger partial charge < -0.3 is 10.0 Å². The molecule has 0 bridgehead atoms. The van der Waals surface area contributed by atoms with Gasteiger partial charge in [0.1, 0.15) is 6.04 Å². The van der Waals surface area contributed by atoms with Crippen LogP contribution in [0.3, 0.4) is 0 Å². The van der Waals surface area contributed by atoms with Crippen molar-refractivity contribution in [2.24, 2.45) is 0 Å². The zero-order valence-electron chi connectivity index (χ0n) is 14.7. The van der Waals surface area contributed by atoms with Crippen molar-refractivity contribution in [2.45, 2.75) is 25.4 Å². The van der Waals surface area contributed by atoms with Gasteiger partial charge in [-0.15, -0.1) is 0 Å². The number of fused-ring (bicyclic) bond motifs is 1. The number of amides is 1. The van der Waals surface area contributed by atoms with Gasteiger partial charge in [0, 0.05) is 19.2 Å². The summed E-state index contributed by atoms with van der Waals surface area (Å²) in [6.07, 6.45) is 3.92. The average Bonchev–Trinajstić information content (AvgIpc) is 3.16. The predicted molar refractivity (Wildman–Crippen MR) is 99.4 cm³/mol. The second kappa shape index (κ2) is 7.07. The molecule has 0 radical (unpaired) electrons. The van der Waals surface area contributed by atoms with Crippen LogP contribution in [0.1, 0.15) is 16.7 Å². The molecule has 0 saturated heterocycles. The third-order valence-corrected chi connectivity index (χ3v) is 4.87. The van der Waals surface area contributed by atoms with E-state index in [2.05, 4.69) is 5.10 Å². The van der Waals surface area contributed by atoms with Crippen LogP contribution < -0.4 is 0 Å². The Balaban J connectivity index is 1.54. The number of carbonyl (C=O) groups is 2. The van der Waals surface area contributed by atoms with Crippen molar-refractivity contribution in [3.8, 4) is 5.69 Å². The van der Waals surface area contributed by atoms with E-state index in [1.807, 2.05) is 54.6 Å². The van der Waals surface area contributed by atoms with Crippen molar-refractivity contribution in [2.75, 3.05) is 0 Å². The largest absolute Gasteiger partial charge is 0.480 e. The zero-order chi connectivity index (χ0) is 18.8. The Morgan fingerprint density at radius 3 is 2.48 bits per heavy atom. The third kappa shape index (κ3) is 3.46. The van der Waals surface area contributed by atoms with Crippen LogP contribution in [0.15, 0.2) is 67.0 Å². The Morgan fingerprint density at radius 2 is 1.74 bits per heavy atom. The number of nitrogens with zero attached hydrogens (tertiary/aromatic N) is 3. The van der Waals surface area contributed by atoms with Gasteiger partial charge in [0.15, 0.2) is 0 Å². The Kier molecular flexibility index (Phi) is 4.46. The van der Waals surface area contributed by atoms with E-state index >= 15 is 0 Å². The predicted octanol–water partition coefficient (Wildman–Crippen LogP) is 2.45. The summed E-state index contributed by atoms with van der Waals surface area (Å²) in [6.45, 7) is 0.318. The Labute approximate surface area is 156 Å². The summed E-state index contributed by atoms with van der Waals surface area (Å²) in [5.41, 5.74) is 3.66. The minimum absolute atomic E-state index is 0.124. The molecule has 0 saturated carbocycles. The zero-order valence-corrected chi connectivity index (χ0v) is 14.7. The number of aliphatic carboxylic acids is 1. The molecule has 2 aromatic carbocycles. The Morgan fingerprint density at radius 1 is 1.04 bits per heavy atom. The van der Waals surface area contributed by atoms with Gasteiger partial charge in [0.2, 0.25) is 5.91 Å². The fourth-order valence-electron chi connectivity index (χ4n) is 3.46. The average molecular weight is 361 g/mol. The number of carboxylic acid groups (broad SMARTS) is 1. The molecule has 0 spiro atoms. The van der Waals surface area contributed by atoms with Crippen LogP contribution in [0.25, 0.3) is 5.69 Å². The van der Waals surface area contributed by atoms with E-state index in [1.165, 1.54) is 4.90 Å². The van der Waals surface area contributed by atoms with Crippen molar-refractivity contribution < 1.29 is 14.7 Å². The molecular formula is C21H19N3O3. The molecule has 1 atom stereocenters. The Hall–Kier alpha value is -3.41. The summed E-state index contributed by atoms with van der Waals surface area (Å²) in [7, 11) is 0. The molecule has 2 heterocycles. The molecule has 1 aliphatic heterocycles. The smallest absolute Gasteiger partial charge is 0.326 e. The van der Waals surface area contributed by atoms with E-state index in [4.69, 9.17) is 0 Å². The van der Waals surface area contributed by atoms with Gasteiger partial charge >= 0.3 is 5.97 Å². The van der Waals surface area contributed by atoms with Gasteiger partial charge in [-0.25, -0.2) is 9.48 Å². The van der Waals surface area contributed by atoms with E-state index in [0.717, 1.165) is 22.4 Å². The molecule has 1 amide bonds. The maximum absolute atomic E-state index is 12.9. The number of benzene rings is 2. The van der Waals surface area contributed by atoms with Crippen molar-refractivity contribution >= 4 is 11.9 Å². The molecule has 1 N–H and O–H groups in total. The molecular weight excluding hydrogens is 342 g/mol. The van der Waals surface area contributed by atoms with Gasteiger partial charge in [-0.05, 0) is 28.8 Å². The normalized spacial score (nSPS) is 16.0. The third-order valence-electron chi connectivity index (χ3n) is 4.87. The van der Waals surface area contributed by atoms with E-state index in [9.17, 15) is 14.7 Å². The molecule has 1 aromatic heterocycles. The van der Waals surface area contributed by atoms with Crippen LogP contribution in [0.2, 0.25) is 0 Å². The molecule has 0 aliphatic carbocycles. The molecule has 1 unspecified atom stereocenters. The molecule has 6 nitrogen and oxygen atoms in total. The van der Waals surface area contributed by atoms with E-state index in [-0.39, 0.29) is 12.3 Å².